The number of benzene rings is 1. The van der Waals surface area contributed by atoms with Crippen LogP contribution >= 0.6 is 0 Å². The van der Waals surface area contributed by atoms with Gasteiger partial charge in [0.1, 0.15) is 11.4 Å². The molecular formula is C29H32N8O5. The van der Waals surface area contributed by atoms with E-state index in [1.54, 1.807) is 69.8 Å². The maximum Gasteiger partial charge on any atom is 0.273 e. The Morgan fingerprint density at radius 2 is 1.76 bits per heavy atom. The Kier molecular flexibility index (Phi) is 9.00. The number of ether oxygens (including phenoxy) is 2. The summed E-state index contributed by atoms with van der Waals surface area (Å²) in [6.07, 6.45) is 1.66. The minimum atomic E-state index is -0.411. The van der Waals surface area contributed by atoms with Gasteiger partial charge < -0.3 is 34.9 Å². The Morgan fingerprint density at radius 1 is 0.976 bits per heavy atom. The van der Waals surface area contributed by atoms with Crippen LogP contribution in [0.1, 0.15) is 26.5 Å². The van der Waals surface area contributed by atoms with Gasteiger partial charge in [-0.1, -0.05) is 18.2 Å². The zero-order valence-corrected chi connectivity index (χ0v) is 24.2. The van der Waals surface area contributed by atoms with Gasteiger partial charge in [-0.3, -0.25) is 14.4 Å². The van der Waals surface area contributed by atoms with E-state index in [0.717, 1.165) is 0 Å². The number of para-hydroxylation sites is 1. The second-order valence-electron chi connectivity index (χ2n) is 9.20. The molecule has 4 rings (SSSR count). The molecular weight excluding hydrogens is 540 g/mol. The summed E-state index contributed by atoms with van der Waals surface area (Å²) in [5.74, 6) is 0.324. The molecule has 3 aromatic heterocycles. The van der Waals surface area contributed by atoms with E-state index < -0.39 is 5.91 Å². The molecule has 0 spiro atoms. The smallest absolute Gasteiger partial charge is 0.273 e. The fourth-order valence-electron chi connectivity index (χ4n) is 4.32. The van der Waals surface area contributed by atoms with E-state index in [9.17, 15) is 14.4 Å². The highest BCUT2D eigenvalue weighted by Crippen LogP contribution is 2.41. The Hall–Kier alpha value is -5.46. The molecule has 3 heterocycles. The molecule has 3 N–H and O–H groups in total. The summed E-state index contributed by atoms with van der Waals surface area (Å²) in [5, 5.41) is 16.7. The first-order valence-corrected chi connectivity index (χ1v) is 12.9. The number of amides is 2. The van der Waals surface area contributed by atoms with E-state index in [1.165, 1.54) is 30.7 Å². The van der Waals surface area contributed by atoms with Crippen LogP contribution < -0.4 is 31.0 Å². The molecule has 0 saturated carbocycles. The van der Waals surface area contributed by atoms with Crippen LogP contribution in [0, 0.1) is 0 Å². The van der Waals surface area contributed by atoms with Crippen LogP contribution in [0.5, 0.6) is 11.6 Å². The first kappa shape index (κ1) is 29.5. The van der Waals surface area contributed by atoms with Crippen LogP contribution in [-0.4, -0.2) is 71.8 Å². The van der Waals surface area contributed by atoms with Crippen molar-refractivity contribution in [3.05, 3.63) is 82.0 Å². The third kappa shape index (κ3) is 5.99. The molecule has 0 aliphatic rings. The van der Waals surface area contributed by atoms with Gasteiger partial charge in [0.05, 0.1) is 32.1 Å². The molecule has 13 heteroatoms. The van der Waals surface area contributed by atoms with Crippen molar-refractivity contribution in [1.82, 2.24) is 30.0 Å². The number of carbonyl (C=O) groups is 2. The highest BCUT2D eigenvalue weighted by atomic mass is 16.5. The third-order valence-corrected chi connectivity index (χ3v) is 6.50. The van der Waals surface area contributed by atoms with Crippen LogP contribution in [0.25, 0.3) is 11.1 Å². The predicted octanol–water partition coefficient (Wildman–Crippen LogP) is 2.67. The summed E-state index contributed by atoms with van der Waals surface area (Å²) in [6.45, 7) is 0.122. The normalized spacial score (nSPS) is 10.5. The van der Waals surface area contributed by atoms with Gasteiger partial charge in [0.25, 0.3) is 17.4 Å². The van der Waals surface area contributed by atoms with E-state index in [4.69, 9.17) is 9.47 Å². The van der Waals surface area contributed by atoms with Crippen molar-refractivity contribution >= 4 is 29.0 Å². The topological polar surface area (TPSA) is 153 Å². The van der Waals surface area contributed by atoms with Crippen molar-refractivity contribution in [2.45, 2.75) is 6.54 Å². The van der Waals surface area contributed by atoms with Gasteiger partial charge in [0.15, 0.2) is 11.5 Å². The molecule has 4 aromatic rings. The molecule has 0 atom stereocenters. The maximum atomic E-state index is 13.2. The largest absolute Gasteiger partial charge is 0.494 e. The van der Waals surface area contributed by atoms with E-state index in [-0.39, 0.29) is 35.3 Å². The lowest BCUT2D eigenvalue weighted by atomic mass is 10.0. The van der Waals surface area contributed by atoms with E-state index in [2.05, 4.69) is 31.1 Å². The molecule has 0 bridgehead atoms. The van der Waals surface area contributed by atoms with E-state index in [0.29, 0.717) is 39.6 Å². The average Bonchev–Trinajstić information content (AvgIpc) is 3.01. The van der Waals surface area contributed by atoms with Gasteiger partial charge in [-0.25, -0.2) is 4.98 Å². The zero-order chi connectivity index (χ0) is 30.4. The Balaban J connectivity index is 1.68. The fraction of sp³-hybridized carbons (Fsp3) is 0.241. The second-order valence-corrected chi connectivity index (χ2v) is 9.20. The van der Waals surface area contributed by atoms with Crippen LogP contribution in [0.15, 0.2) is 59.5 Å². The quantitative estimate of drug-likeness (QED) is 0.259. The number of hydrogen-bond acceptors (Lipinski definition) is 10. The zero-order valence-electron chi connectivity index (χ0n) is 24.2. The van der Waals surface area contributed by atoms with Crippen LogP contribution in [0.4, 0.5) is 17.2 Å². The minimum Gasteiger partial charge on any atom is -0.494 e. The molecule has 42 heavy (non-hydrogen) atoms. The summed E-state index contributed by atoms with van der Waals surface area (Å²) in [6, 6.07) is 13.8. The fourth-order valence-corrected chi connectivity index (χ4v) is 4.32. The number of hydrogen-bond donors (Lipinski definition) is 3. The Bertz CT molecular complexity index is 1690. The number of aromatic nitrogens is 4. The number of rotatable bonds is 10. The molecule has 0 saturated heterocycles. The third-order valence-electron chi connectivity index (χ3n) is 6.50. The minimum absolute atomic E-state index is 0.101. The number of nitrogens with one attached hydrogen (secondary N) is 3. The lowest BCUT2D eigenvalue weighted by Crippen LogP contribution is -2.31. The SMILES string of the molecule is CNC(=O)c1nnc(NC)cc1Nc1cccc(-c2ccc(C(=O)N(C)Cc3cccn(C)c3=O)nc2OC)c1OC. The summed E-state index contributed by atoms with van der Waals surface area (Å²) in [5.41, 5.74) is 2.72. The van der Waals surface area contributed by atoms with E-state index >= 15 is 0 Å². The number of carbonyl (C=O) groups excluding carboxylic acids is 2. The number of methoxy groups -OCH3 is 2. The highest BCUT2D eigenvalue weighted by Gasteiger charge is 2.22. The molecule has 0 aliphatic carbocycles. The van der Waals surface area contributed by atoms with Gasteiger partial charge in [0, 0.05) is 57.1 Å². The van der Waals surface area contributed by atoms with Crippen LogP contribution in [0.2, 0.25) is 0 Å². The number of aryl methyl sites for hydroxylation is 1. The molecule has 218 valence electrons. The van der Waals surface area contributed by atoms with Crippen molar-refractivity contribution in [3.8, 4) is 22.8 Å². The van der Waals surface area contributed by atoms with Crippen LogP contribution in [-0.2, 0) is 13.6 Å². The van der Waals surface area contributed by atoms with Gasteiger partial charge >= 0.3 is 0 Å². The summed E-state index contributed by atoms with van der Waals surface area (Å²) in [4.78, 5) is 44.0. The van der Waals surface area contributed by atoms with Gasteiger partial charge in [0.2, 0.25) is 5.88 Å². The average molecular weight is 573 g/mol. The van der Waals surface area contributed by atoms with Crippen molar-refractivity contribution in [2.75, 3.05) is 46.0 Å². The van der Waals surface area contributed by atoms with Gasteiger partial charge in [-0.15, -0.1) is 10.2 Å². The molecule has 0 radical (unpaired) electrons. The Labute approximate surface area is 242 Å². The van der Waals surface area contributed by atoms with Crippen molar-refractivity contribution in [1.29, 1.82) is 0 Å². The highest BCUT2D eigenvalue weighted by molar-refractivity contribution is 5.99. The number of pyridine rings is 2. The van der Waals surface area contributed by atoms with E-state index in [1.807, 2.05) is 6.07 Å². The van der Waals surface area contributed by atoms with Crippen molar-refractivity contribution < 1.29 is 19.1 Å². The molecule has 0 unspecified atom stereocenters. The lowest BCUT2D eigenvalue weighted by Gasteiger charge is -2.19. The first-order valence-electron chi connectivity index (χ1n) is 12.9. The first-order chi connectivity index (χ1) is 20.2. The molecule has 2 amide bonds. The lowest BCUT2D eigenvalue weighted by molar-refractivity contribution is 0.0777. The molecule has 13 nitrogen and oxygen atoms in total. The van der Waals surface area contributed by atoms with Crippen molar-refractivity contribution in [3.63, 3.8) is 0 Å². The molecule has 0 fully saturated rings. The molecule has 1 aromatic carbocycles. The second kappa shape index (κ2) is 12.8. The molecule has 0 aliphatic heterocycles. The number of nitrogens with zero attached hydrogens (tertiary/aromatic N) is 5. The standard InChI is InChI=1S/C29H32N8O5/c1-30-23-15-22(24(35-34-23)26(38)31-2)32-20-11-7-10-18(25(20)41-5)19-12-13-21(33-27(19)42-6)29(40)37(4)16-17-9-8-14-36(3)28(17)39/h7-15H,16H2,1-6H3,(H,31,38)(H2,30,32,34). The summed E-state index contributed by atoms with van der Waals surface area (Å²) >= 11 is 0. The summed E-state index contributed by atoms with van der Waals surface area (Å²) in [7, 11) is 9.46. The van der Waals surface area contributed by atoms with Gasteiger partial charge in [-0.05, 0) is 24.3 Å². The monoisotopic (exact) mass is 572 g/mol. The predicted molar refractivity (Wildman–Crippen MR) is 159 cm³/mol. The van der Waals surface area contributed by atoms with Gasteiger partial charge in [-0.2, -0.15) is 0 Å². The number of anilines is 3. The Morgan fingerprint density at radius 3 is 2.45 bits per heavy atom. The van der Waals surface area contributed by atoms with Crippen LogP contribution in [0.3, 0.4) is 0 Å². The van der Waals surface area contributed by atoms with Crippen molar-refractivity contribution in [2.24, 2.45) is 7.05 Å². The summed E-state index contributed by atoms with van der Waals surface area (Å²) < 4.78 is 12.8. The maximum absolute atomic E-state index is 13.2.